The lowest BCUT2D eigenvalue weighted by Gasteiger charge is -2.05. The molecule has 2 nitrogen and oxygen atoms in total. The van der Waals surface area contributed by atoms with Crippen LogP contribution in [-0.4, -0.2) is 11.6 Å². The largest absolute Gasteiger partial charge is 0.289 e. The highest BCUT2D eigenvalue weighted by Gasteiger charge is 2.12. The minimum atomic E-state index is -0.0377. The van der Waals surface area contributed by atoms with Gasteiger partial charge in [0.1, 0.15) is 0 Å². The Balaban J connectivity index is 1.82. The topological polar surface area (TPSA) is 34.1 Å². The van der Waals surface area contributed by atoms with Crippen LogP contribution in [0.25, 0.3) is 0 Å². The van der Waals surface area contributed by atoms with E-state index in [-0.39, 0.29) is 11.6 Å². The lowest BCUT2D eigenvalue weighted by atomic mass is 9.98. The summed E-state index contributed by atoms with van der Waals surface area (Å²) in [7, 11) is 0. The Bertz CT molecular complexity index is 794. The maximum atomic E-state index is 12.5. The molecular weight excluding hydrogens is 296 g/mol. The molecule has 0 radical (unpaired) electrons. The van der Waals surface area contributed by atoms with Crippen LogP contribution in [0.5, 0.6) is 0 Å². The van der Waals surface area contributed by atoms with E-state index >= 15 is 0 Å². The fraction of sp³-hybridized carbons (Fsp3) is 0.0909. The minimum absolute atomic E-state index is 0.0377. The zero-order valence-electron chi connectivity index (χ0n) is 13.7. The van der Waals surface area contributed by atoms with Gasteiger partial charge in [0.25, 0.3) is 0 Å². The standard InChI is InChI=1S/C22H18O2/c1-15-3-7-17(8-4-15)21(23)19-11-13-20(14-12-19)22(24)18-9-5-16(2)6-10-18/h3-14H,1-2H3. The molecule has 0 atom stereocenters. The molecule has 3 aromatic rings. The molecule has 0 saturated heterocycles. The number of ketones is 2. The van der Waals surface area contributed by atoms with Crippen LogP contribution in [0.15, 0.2) is 72.8 Å². The van der Waals surface area contributed by atoms with Gasteiger partial charge in [0.2, 0.25) is 0 Å². The summed E-state index contributed by atoms with van der Waals surface area (Å²) in [6.45, 7) is 3.97. The highest BCUT2D eigenvalue weighted by Crippen LogP contribution is 2.15. The van der Waals surface area contributed by atoms with Gasteiger partial charge in [-0.3, -0.25) is 9.59 Å². The Hall–Kier alpha value is -3.00. The number of aryl methyl sites for hydroxylation is 2. The number of carbonyl (C=O) groups excluding carboxylic acids is 2. The molecule has 0 fully saturated rings. The van der Waals surface area contributed by atoms with Crippen molar-refractivity contribution in [3.63, 3.8) is 0 Å². The van der Waals surface area contributed by atoms with E-state index in [1.165, 1.54) is 0 Å². The smallest absolute Gasteiger partial charge is 0.193 e. The van der Waals surface area contributed by atoms with E-state index in [9.17, 15) is 9.59 Å². The number of hydrogen-bond acceptors (Lipinski definition) is 2. The first-order chi connectivity index (χ1) is 11.5. The zero-order valence-corrected chi connectivity index (χ0v) is 13.7. The predicted octanol–water partition coefficient (Wildman–Crippen LogP) is 4.77. The first kappa shape index (κ1) is 15.9. The molecule has 0 N–H and O–H groups in total. The summed E-state index contributed by atoms with van der Waals surface area (Å²) in [5, 5.41) is 0. The number of rotatable bonds is 4. The normalized spacial score (nSPS) is 10.4. The van der Waals surface area contributed by atoms with Crippen LogP contribution in [0.3, 0.4) is 0 Å². The van der Waals surface area contributed by atoms with Gasteiger partial charge in [-0.05, 0) is 13.8 Å². The summed E-state index contributed by atoms with van der Waals surface area (Å²) in [5.74, 6) is -0.0753. The highest BCUT2D eigenvalue weighted by molar-refractivity contribution is 6.11. The molecule has 24 heavy (non-hydrogen) atoms. The van der Waals surface area contributed by atoms with Crippen molar-refractivity contribution >= 4 is 11.6 Å². The second-order valence-corrected chi connectivity index (χ2v) is 5.97. The van der Waals surface area contributed by atoms with E-state index in [1.807, 2.05) is 62.4 Å². The molecule has 0 aliphatic carbocycles. The van der Waals surface area contributed by atoms with Gasteiger partial charge in [-0.1, -0.05) is 83.9 Å². The van der Waals surface area contributed by atoms with Crippen molar-refractivity contribution in [2.75, 3.05) is 0 Å². The lowest BCUT2D eigenvalue weighted by Crippen LogP contribution is -2.04. The Morgan fingerprint density at radius 1 is 0.458 bits per heavy atom. The summed E-state index contributed by atoms with van der Waals surface area (Å²) in [6.07, 6.45) is 0. The Labute approximate surface area is 141 Å². The van der Waals surface area contributed by atoms with E-state index in [2.05, 4.69) is 0 Å². The van der Waals surface area contributed by atoms with E-state index in [1.54, 1.807) is 24.3 Å². The molecule has 0 aliphatic rings. The lowest BCUT2D eigenvalue weighted by molar-refractivity contribution is 0.102. The van der Waals surface area contributed by atoms with Crippen LogP contribution in [-0.2, 0) is 0 Å². The summed E-state index contributed by atoms with van der Waals surface area (Å²) in [6, 6.07) is 21.8. The van der Waals surface area contributed by atoms with Crippen molar-refractivity contribution in [1.29, 1.82) is 0 Å². The highest BCUT2D eigenvalue weighted by atomic mass is 16.1. The van der Waals surface area contributed by atoms with Gasteiger partial charge < -0.3 is 0 Å². The van der Waals surface area contributed by atoms with Crippen molar-refractivity contribution < 1.29 is 9.59 Å². The molecular formula is C22H18O2. The number of hydrogen-bond donors (Lipinski definition) is 0. The maximum Gasteiger partial charge on any atom is 0.193 e. The SMILES string of the molecule is Cc1ccc(C(=O)c2ccc(C(=O)c3ccc(C)cc3)cc2)cc1. The first-order valence-corrected chi connectivity index (χ1v) is 7.87. The molecule has 0 aliphatic heterocycles. The Morgan fingerprint density at radius 2 is 0.667 bits per heavy atom. The maximum absolute atomic E-state index is 12.5. The molecule has 0 saturated carbocycles. The van der Waals surface area contributed by atoms with Crippen molar-refractivity contribution in [2.24, 2.45) is 0 Å². The molecule has 0 spiro atoms. The van der Waals surface area contributed by atoms with Crippen molar-refractivity contribution in [1.82, 2.24) is 0 Å². The van der Waals surface area contributed by atoms with Gasteiger partial charge in [0.15, 0.2) is 11.6 Å². The summed E-state index contributed by atoms with van der Waals surface area (Å²) in [4.78, 5) is 24.9. The fourth-order valence-electron chi connectivity index (χ4n) is 2.52. The summed E-state index contributed by atoms with van der Waals surface area (Å²) in [5.41, 5.74) is 4.70. The van der Waals surface area contributed by atoms with Gasteiger partial charge in [-0.2, -0.15) is 0 Å². The Morgan fingerprint density at radius 3 is 0.917 bits per heavy atom. The number of carbonyl (C=O) groups is 2. The van der Waals surface area contributed by atoms with Gasteiger partial charge in [-0.15, -0.1) is 0 Å². The van der Waals surface area contributed by atoms with Gasteiger partial charge in [0, 0.05) is 22.3 Å². The molecule has 0 aromatic heterocycles. The van der Waals surface area contributed by atoms with E-state index in [0.29, 0.717) is 22.3 Å². The van der Waals surface area contributed by atoms with Crippen LogP contribution in [0, 0.1) is 13.8 Å². The van der Waals surface area contributed by atoms with Crippen LogP contribution in [0.2, 0.25) is 0 Å². The van der Waals surface area contributed by atoms with Crippen LogP contribution >= 0.6 is 0 Å². The molecule has 0 unspecified atom stereocenters. The van der Waals surface area contributed by atoms with Crippen LogP contribution in [0.4, 0.5) is 0 Å². The monoisotopic (exact) mass is 314 g/mol. The molecule has 2 heteroatoms. The second-order valence-electron chi connectivity index (χ2n) is 5.97. The fourth-order valence-corrected chi connectivity index (χ4v) is 2.52. The van der Waals surface area contributed by atoms with E-state index < -0.39 is 0 Å². The predicted molar refractivity (Wildman–Crippen MR) is 95.7 cm³/mol. The van der Waals surface area contributed by atoms with Crippen molar-refractivity contribution in [2.45, 2.75) is 13.8 Å². The van der Waals surface area contributed by atoms with Crippen molar-refractivity contribution in [3.8, 4) is 0 Å². The van der Waals surface area contributed by atoms with Gasteiger partial charge in [0.05, 0.1) is 0 Å². The molecule has 0 amide bonds. The van der Waals surface area contributed by atoms with Gasteiger partial charge in [-0.25, -0.2) is 0 Å². The average Bonchev–Trinajstić information content (AvgIpc) is 2.62. The zero-order chi connectivity index (χ0) is 17.1. The molecule has 3 aromatic carbocycles. The molecule has 0 heterocycles. The molecule has 118 valence electrons. The third-order valence-corrected chi connectivity index (χ3v) is 4.04. The summed E-state index contributed by atoms with van der Waals surface area (Å²) < 4.78 is 0. The molecule has 3 rings (SSSR count). The van der Waals surface area contributed by atoms with Crippen molar-refractivity contribution in [3.05, 3.63) is 106 Å². The Kier molecular flexibility index (Phi) is 4.39. The number of benzene rings is 3. The van der Waals surface area contributed by atoms with Crippen LogP contribution in [0.1, 0.15) is 43.0 Å². The minimum Gasteiger partial charge on any atom is -0.289 e. The van der Waals surface area contributed by atoms with E-state index in [0.717, 1.165) is 11.1 Å². The summed E-state index contributed by atoms with van der Waals surface area (Å²) >= 11 is 0. The van der Waals surface area contributed by atoms with Gasteiger partial charge >= 0.3 is 0 Å². The average molecular weight is 314 g/mol. The second kappa shape index (κ2) is 6.63. The first-order valence-electron chi connectivity index (χ1n) is 7.87. The van der Waals surface area contributed by atoms with Crippen LogP contribution < -0.4 is 0 Å². The quantitative estimate of drug-likeness (QED) is 0.650. The van der Waals surface area contributed by atoms with E-state index in [4.69, 9.17) is 0 Å². The molecule has 0 bridgehead atoms. The third kappa shape index (κ3) is 3.33. The third-order valence-electron chi connectivity index (χ3n) is 4.04.